The van der Waals surface area contributed by atoms with Crippen LogP contribution in [0.5, 0.6) is 5.75 Å². The van der Waals surface area contributed by atoms with Gasteiger partial charge in [-0.25, -0.2) is 0 Å². The molecule has 0 unspecified atom stereocenters. The van der Waals surface area contributed by atoms with E-state index in [0.29, 0.717) is 13.2 Å². The van der Waals surface area contributed by atoms with Crippen molar-refractivity contribution in [2.75, 3.05) is 20.1 Å². The largest absolute Gasteiger partial charge is 0.489 e. The van der Waals surface area contributed by atoms with Crippen LogP contribution in [0.3, 0.4) is 0 Å². The lowest BCUT2D eigenvalue weighted by Gasteiger charge is -2.36. The summed E-state index contributed by atoms with van der Waals surface area (Å²) in [6, 6.07) is 21.9. The number of hydrogen-bond acceptors (Lipinski definition) is 4. The number of furan rings is 1. The third kappa shape index (κ3) is 6.11. The average Bonchev–Trinajstić information content (AvgIpc) is 3.35. The molecule has 5 heteroatoms. The first-order chi connectivity index (χ1) is 15.7. The maximum Gasteiger partial charge on any atom is 0.247 e. The van der Waals surface area contributed by atoms with Gasteiger partial charge in [-0.05, 0) is 74.4 Å². The van der Waals surface area contributed by atoms with Crippen LogP contribution in [0.2, 0.25) is 0 Å². The van der Waals surface area contributed by atoms with Crippen LogP contribution in [0.15, 0.2) is 83.5 Å². The quantitative estimate of drug-likeness (QED) is 0.472. The van der Waals surface area contributed by atoms with Crippen LogP contribution >= 0.6 is 0 Å². The molecule has 4 rings (SSSR count). The molecular weight excluding hydrogens is 400 g/mol. The van der Waals surface area contributed by atoms with Crippen molar-refractivity contribution in [1.82, 2.24) is 9.80 Å². The second-order valence-corrected chi connectivity index (χ2v) is 8.26. The summed E-state index contributed by atoms with van der Waals surface area (Å²) < 4.78 is 11.4. The Kier molecular flexibility index (Phi) is 7.41. The number of amides is 1. The molecular formula is C27H30N2O3. The fourth-order valence-corrected chi connectivity index (χ4v) is 3.98. The fraction of sp³-hybridized carbons (Fsp3) is 0.296. The summed E-state index contributed by atoms with van der Waals surface area (Å²) in [5, 5.41) is 0. The average molecular weight is 431 g/mol. The maximum atomic E-state index is 13.2. The zero-order valence-corrected chi connectivity index (χ0v) is 18.5. The van der Waals surface area contributed by atoms with Crippen LogP contribution in [-0.4, -0.2) is 41.9 Å². The molecule has 5 nitrogen and oxygen atoms in total. The van der Waals surface area contributed by atoms with Crippen molar-refractivity contribution in [1.29, 1.82) is 0 Å². The molecule has 2 aromatic carbocycles. The predicted molar refractivity (Wildman–Crippen MR) is 126 cm³/mol. The second kappa shape index (κ2) is 10.8. The molecule has 0 spiro atoms. The van der Waals surface area contributed by atoms with Crippen molar-refractivity contribution in [2.24, 2.45) is 0 Å². The van der Waals surface area contributed by atoms with Crippen LogP contribution in [0.1, 0.15) is 29.7 Å². The molecule has 1 aliphatic heterocycles. The molecule has 0 radical (unpaired) electrons. The highest BCUT2D eigenvalue weighted by molar-refractivity contribution is 5.92. The highest BCUT2D eigenvalue weighted by Gasteiger charge is 2.26. The molecule has 32 heavy (non-hydrogen) atoms. The molecule has 2 heterocycles. The van der Waals surface area contributed by atoms with E-state index in [1.165, 1.54) is 0 Å². The van der Waals surface area contributed by atoms with Crippen LogP contribution in [0, 0.1) is 0 Å². The monoisotopic (exact) mass is 430 g/mol. The minimum atomic E-state index is 0.00607. The van der Waals surface area contributed by atoms with Gasteiger partial charge in [0.15, 0.2) is 0 Å². The van der Waals surface area contributed by atoms with Crippen LogP contribution in [0.25, 0.3) is 6.08 Å². The molecule has 0 atom stereocenters. The molecule has 3 aromatic rings. The molecule has 1 amide bonds. The number of ether oxygens (including phenoxy) is 1. The lowest BCUT2D eigenvalue weighted by Crippen LogP contribution is -2.45. The van der Waals surface area contributed by atoms with Crippen LogP contribution in [0.4, 0.5) is 0 Å². The topological polar surface area (TPSA) is 45.9 Å². The Morgan fingerprint density at radius 1 is 1.09 bits per heavy atom. The van der Waals surface area contributed by atoms with Gasteiger partial charge in [0.05, 0.1) is 12.8 Å². The second-order valence-electron chi connectivity index (χ2n) is 8.26. The minimum Gasteiger partial charge on any atom is -0.489 e. The number of nitrogens with zero attached hydrogens (tertiary/aromatic N) is 2. The van der Waals surface area contributed by atoms with Gasteiger partial charge in [0, 0.05) is 12.1 Å². The first kappa shape index (κ1) is 21.9. The highest BCUT2D eigenvalue weighted by atomic mass is 16.5. The predicted octanol–water partition coefficient (Wildman–Crippen LogP) is 4.99. The molecule has 0 saturated carbocycles. The molecule has 1 fully saturated rings. The Morgan fingerprint density at radius 3 is 2.66 bits per heavy atom. The van der Waals surface area contributed by atoms with Gasteiger partial charge in [-0.3, -0.25) is 4.79 Å². The number of piperidine rings is 1. The van der Waals surface area contributed by atoms with Gasteiger partial charge in [-0.2, -0.15) is 0 Å². The van der Waals surface area contributed by atoms with Gasteiger partial charge in [0.2, 0.25) is 5.91 Å². The van der Waals surface area contributed by atoms with Crippen molar-refractivity contribution < 1.29 is 13.9 Å². The normalized spacial score (nSPS) is 15.2. The van der Waals surface area contributed by atoms with Gasteiger partial charge in [-0.15, -0.1) is 0 Å². The smallest absolute Gasteiger partial charge is 0.247 e. The number of carbonyl (C=O) groups is 1. The Hall–Kier alpha value is -3.31. The van der Waals surface area contributed by atoms with Crippen molar-refractivity contribution >= 4 is 12.0 Å². The Bertz CT molecular complexity index is 1010. The third-order valence-electron chi connectivity index (χ3n) is 5.84. The summed E-state index contributed by atoms with van der Waals surface area (Å²) in [5.41, 5.74) is 2.06. The van der Waals surface area contributed by atoms with Gasteiger partial charge in [0.25, 0.3) is 0 Å². The Labute approximate surface area is 189 Å². The van der Waals surface area contributed by atoms with Crippen molar-refractivity contribution in [3.05, 3.63) is 96.0 Å². The zero-order chi connectivity index (χ0) is 22.2. The van der Waals surface area contributed by atoms with Gasteiger partial charge >= 0.3 is 0 Å². The molecule has 1 aliphatic rings. The third-order valence-corrected chi connectivity index (χ3v) is 5.84. The van der Waals surface area contributed by atoms with E-state index in [9.17, 15) is 4.79 Å². The van der Waals surface area contributed by atoms with Crippen molar-refractivity contribution in [3.63, 3.8) is 0 Å². The molecule has 166 valence electrons. The van der Waals surface area contributed by atoms with Crippen LogP contribution < -0.4 is 4.74 Å². The summed E-state index contributed by atoms with van der Waals surface area (Å²) in [6.45, 7) is 3.00. The number of carbonyl (C=O) groups excluding carboxylic acids is 1. The van der Waals surface area contributed by atoms with E-state index in [-0.39, 0.29) is 11.9 Å². The summed E-state index contributed by atoms with van der Waals surface area (Å²) in [7, 11) is 2.13. The molecule has 1 saturated heterocycles. The summed E-state index contributed by atoms with van der Waals surface area (Å²) >= 11 is 0. The first-order valence-corrected chi connectivity index (χ1v) is 11.1. The Balaban J connectivity index is 1.42. The minimum absolute atomic E-state index is 0.00607. The number of likely N-dealkylation sites (tertiary alicyclic amines) is 1. The summed E-state index contributed by atoms with van der Waals surface area (Å²) in [6.07, 6.45) is 7.13. The van der Waals surface area contributed by atoms with Crippen molar-refractivity contribution in [3.8, 4) is 5.75 Å². The van der Waals surface area contributed by atoms with Gasteiger partial charge < -0.3 is 19.0 Å². The molecule has 1 aromatic heterocycles. The Morgan fingerprint density at radius 2 is 1.91 bits per heavy atom. The van der Waals surface area contributed by atoms with E-state index in [1.807, 2.05) is 77.7 Å². The van der Waals surface area contributed by atoms with E-state index in [1.54, 1.807) is 12.3 Å². The SMILES string of the molecule is CN1CCC(N(Cc2ccco2)C(=O)/C=C/c2cccc(OCc3ccccc3)c2)CC1. The number of hydrogen-bond donors (Lipinski definition) is 0. The summed E-state index contributed by atoms with van der Waals surface area (Å²) in [5.74, 6) is 1.60. The fourth-order valence-electron chi connectivity index (χ4n) is 3.98. The lowest BCUT2D eigenvalue weighted by atomic mass is 10.0. The van der Waals surface area contributed by atoms with E-state index in [2.05, 4.69) is 11.9 Å². The highest BCUT2D eigenvalue weighted by Crippen LogP contribution is 2.21. The lowest BCUT2D eigenvalue weighted by molar-refractivity contribution is -0.130. The van der Waals surface area contributed by atoms with Gasteiger partial charge in [0.1, 0.15) is 18.1 Å². The van der Waals surface area contributed by atoms with Crippen molar-refractivity contribution in [2.45, 2.75) is 32.0 Å². The van der Waals surface area contributed by atoms with E-state index in [0.717, 1.165) is 48.6 Å². The van der Waals surface area contributed by atoms with E-state index < -0.39 is 0 Å². The molecule has 0 aliphatic carbocycles. The zero-order valence-electron chi connectivity index (χ0n) is 18.5. The van der Waals surface area contributed by atoms with E-state index >= 15 is 0 Å². The standard InChI is InChI=1S/C27H30N2O3/c1-28-16-14-24(15-17-28)29(20-26-11-6-18-31-26)27(30)13-12-22-9-5-10-25(19-22)32-21-23-7-3-2-4-8-23/h2-13,18-19,24H,14-17,20-21H2,1H3/b13-12+. The number of rotatable bonds is 8. The van der Waals surface area contributed by atoms with E-state index in [4.69, 9.17) is 9.15 Å². The molecule has 0 bridgehead atoms. The first-order valence-electron chi connectivity index (χ1n) is 11.1. The molecule has 0 N–H and O–H groups in total. The maximum absolute atomic E-state index is 13.2. The van der Waals surface area contributed by atoms with Gasteiger partial charge in [-0.1, -0.05) is 42.5 Å². The number of benzene rings is 2. The van der Waals surface area contributed by atoms with Crippen LogP contribution in [-0.2, 0) is 17.9 Å². The summed E-state index contributed by atoms with van der Waals surface area (Å²) in [4.78, 5) is 17.4.